The molecule has 0 aliphatic carbocycles. The highest BCUT2D eigenvalue weighted by molar-refractivity contribution is 7.09. The quantitative estimate of drug-likeness (QED) is 0.385. The molecule has 0 amide bonds. The highest BCUT2D eigenvalue weighted by Crippen LogP contribution is 2.26. The summed E-state index contributed by atoms with van der Waals surface area (Å²) in [6.07, 6.45) is 0. The third kappa shape index (κ3) is 3.52. The Morgan fingerprint density at radius 3 is 2.76 bits per heavy atom. The van der Waals surface area contributed by atoms with E-state index in [0.29, 0.717) is 12.1 Å². The van der Waals surface area contributed by atoms with Crippen molar-refractivity contribution in [1.29, 1.82) is 0 Å². The molecule has 112 valence electrons. The van der Waals surface area contributed by atoms with Crippen molar-refractivity contribution >= 4 is 22.9 Å². The molecule has 4 nitrogen and oxygen atoms in total. The van der Waals surface area contributed by atoms with Crippen molar-refractivity contribution in [3.05, 3.63) is 52.0 Å². The number of rotatable bonds is 5. The van der Waals surface area contributed by atoms with Gasteiger partial charge in [-0.3, -0.25) is 0 Å². The summed E-state index contributed by atoms with van der Waals surface area (Å²) >= 11 is 1.66. The number of hydrogen-bond acceptors (Lipinski definition) is 4. The zero-order chi connectivity index (χ0) is 15.4. The van der Waals surface area contributed by atoms with E-state index in [4.69, 9.17) is 10.9 Å². The lowest BCUT2D eigenvalue weighted by molar-refractivity contribution is 0.318. The van der Waals surface area contributed by atoms with Crippen LogP contribution in [0.25, 0.3) is 0 Å². The van der Waals surface area contributed by atoms with Crippen LogP contribution in [0.2, 0.25) is 0 Å². The van der Waals surface area contributed by atoms with Gasteiger partial charge in [0.15, 0.2) is 5.84 Å². The summed E-state index contributed by atoms with van der Waals surface area (Å²) in [5, 5.41) is 13.9. The van der Waals surface area contributed by atoms with Gasteiger partial charge >= 0.3 is 0 Å². The minimum Gasteiger partial charge on any atom is -0.409 e. The van der Waals surface area contributed by atoms with Crippen LogP contribution >= 0.6 is 11.3 Å². The first-order valence-electron chi connectivity index (χ1n) is 6.59. The van der Waals surface area contributed by atoms with Gasteiger partial charge in [0.1, 0.15) is 5.82 Å². The maximum Gasteiger partial charge on any atom is 0.172 e. The van der Waals surface area contributed by atoms with Crippen LogP contribution in [-0.4, -0.2) is 17.1 Å². The minimum atomic E-state index is -0.417. The smallest absolute Gasteiger partial charge is 0.172 e. The van der Waals surface area contributed by atoms with Crippen molar-refractivity contribution in [2.75, 3.05) is 4.90 Å². The average molecular weight is 307 g/mol. The third-order valence-electron chi connectivity index (χ3n) is 3.18. The van der Waals surface area contributed by atoms with Crippen LogP contribution in [0.3, 0.4) is 0 Å². The second-order valence-electron chi connectivity index (χ2n) is 4.95. The Balaban J connectivity index is 2.45. The van der Waals surface area contributed by atoms with Crippen molar-refractivity contribution < 1.29 is 9.60 Å². The Hall–Kier alpha value is -2.08. The first-order valence-corrected chi connectivity index (χ1v) is 7.47. The molecule has 0 fully saturated rings. The van der Waals surface area contributed by atoms with E-state index in [1.165, 1.54) is 17.0 Å². The van der Waals surface area contributed by atoms with Crippen molar-refractivity contribution in [1.82, 2.24) is 0 Å². The third-order valence-corrected chi connectivity index (χ3v) is 4.04. The maximum atomic E-state index is 13.5. The van der Waals surface area contributed by atoms with E-state index in [-0.39, 0.29) is 11.9 Å². The van der Waals surface area contributed by atoms with Gasteiger partial charge in [0.25, 0.3) is 0 Å². The molecule has 0 saturated heterocycles. The second-order valence-corrected chi connectivity index (χ2v) is 5.98. The summed E-state index contributed by atoms with van der Waals surface area (Å²) in [4.78, 5) is 3.29. The summed E-state index contributed by atoms with van der Waals surface area (Å²) in [7, 11) is 0. The molecule has 1 heterocycles. The molecule has 0 atom stereocenters. The Morgan fingerprint density at radius 1 is 1.43 bits per heavy atom. The second kappa shape index (κ2) is 6.58. The van der Waals surface area contributed by atoms with Crippen LogP contribution in [0.15, 0.2) is 40.9 Å². The van der Waals surface area contributed by atoms with E-state index in [1.807, 2.05) is 31.4 Å². The van der Waals surface area contributed by atoms with Crippen LogP contribution < -0.4 is 10.6 Å². The molecule has 0 radical (unpaired) electrons. The van der Waals surface area contributed by atoms with Gasteiger partial charge in [-0.15, -0.1) is 11.3 Å². The summed E-state index contributed by atoms with van der Waals surface area (Å²) < 4.78 is 13.5. The molecule has 1 aromatic carbocycles. The molecular formula is C15H18FN3OS. The fraction of sp³-hybridized carbons (Fsp3) is 0.267. The first-order chi connectivity index (χ1) is 10.0. The lowest BCUT2D eigenvalue weighted by Crippen LogP contribution is -2.32. The molecule has 0 unspecified atom stereocenters. The lowest BCUT2D eigenvalue weighted by Gasteiger charge is -2.30. The number of oxime groups is 1. The van der Waals surface area contributed by atoms with Gasteiger partial charge in [-0.1, -0.05) is 11.2 Å². The lowest BCUT2D eigenvalue weighted by atomic mass is 10.1. The number of anilines is 1. The van der Waals surface area contributed by atoms with Gasteiger partial charge in [-0.25, -0.2) is 4.39 Å². The monoisotopic (exact) mass is 307 g/mol. The fourth-order valence-corrected chi connectivity index (χ4v) is 2.84. The van der Waals surface area contributed by atoms with Crippen molar-refractivity contribution in [3.8, 4) is 0 Å². The molecule has 2 aromatic rings. The van der Waals surface area contributed by atoms with Crippen LogP contribution in [0.5, 0.6) is 0 Å². The summed E-state index contributed by atoms with van der Waals surface area (Å²) in [5.74, 6) is -0.512. The molecule has 3 N–H and O–H groups in total. The highest BCUT2D eigenvalue weighted by atomic mass is 32.1. The molecule has 0 aliphatic heterocycles. The summed E-state index contributed by atoms with van der Waals surface area (Å²) in [5.41, 5.74) is 6.82. The molecule has 0 spiro atoms. The van der Waals surface area contributed by atoms with Crippen molar-refractivity contribution in [2.45, 2.75) is 26.4 Å². The Kier molecular flexibility index (Phi) is 4.80. The molecular weight excluding hydrogens is 289 g/mol. The molecule has 0 aliphatic rings. The minimum absolute atomic E-state index is 0.0960. The predicted molar refractivity (Wildman–Crippen MR) is 84.5 cm³/mol. The maximum absolute atomic E-state index is 13.5. The molecule has 1 aromatic heterocycles. The van der Waals surface area contributed by atoms with E-state index < -0.39 is 5.82 Å². The van der Waals surface area contributed by atoms with Gasteiger partial charge in [0.2, 0.25) is 0 Å². The zero-order valence-electron chi connectivity index (χ0n) is 12.0. The largest absolute Gasteiger partial charge is 0.409 e. The molecule has 0 bridgehead atoms. The Bertz CT molecular complexity index is 626. The van der Waals surface area contributed by atoms with Crippen LogP contribution in [0, 0.1) is 5.82 Å². The Labute approximate surface area is 127 Å². The summed E-state index contributed by atoms with van der Waals surface area (Å²) in [6.45, 7) is 4.78. The molecule has 21 heavy (non-hydrogen) atoms. The van der Waals surface area contributed by atoms with Crippen LogP contribution in [-0.2, 0) is 6.54 Å². The number of halogens is 1. The molecule has 0 saturated carbocycles. The van der Waals surface area contributed by atoms with E-state index in [1.54, 1.807) is 17.4 Å². The number of thiophene rings is 1. The van der Waals surface area contributed by atoms with E-state index in [2.05, 4.69) is 10.1 Å². The van der Waals surface area contributed by atoms with Gasteiger partial charge in [-0.05, 0) is 43.5 Å². The normalized spacial score (nSPS) is 11.9. The number of nitrogens with two attached hydrogens (primary N) is 1. The molecule has 6 heteroatoms. The Morgan fingerprint density at radius 2 is 2.19 bits per heavy atom. The van der Waals surface area contributed by atoms with Gasteiger partial charge < -0.3 is 15.8 Å². The summed E-state index contributed by atoms with van der Waals surface area (Å²) in [6, 6.07) is 8.56. The highest BCUT2D eigenvalue weighted by Gasteiger charge is 2.18. The number of nitrogens with zero attached hydrogens (tertiary/aromatic N) is 2. The van der Waals surface area contributed by atoms with Gasteiger partial charge in [-0.2, -0.15) is 0 Å². The predicted octanol–water partition coefficient (Wildman–Crippen LogP) is 3.40. The van der Waals surface area contributed by atoms with Crippen LogP contribution in [0.4, 0.5) is 10.1 Å². The van der Waals surface area contributed by atoms with E-state index in [9.17, 15) is 4.39 Å². The number of hydrogen-bond donors (Lipinski definition) is 2. The topological polar surface area (TPSA) is 61.8 Å². The van der Waals surface area contributed by atoms with Gasteiger partial charge in [0.05, 0.1) is 6.54 Å². The van der Waals surface area contributed by atoms with Crippen molar-refractivity contribution in [3.63, 3.8) is 0 Å². The van der Waals surface area contributed by atoms with Gasteiger partial charge in [0, 0.05) is 22.2 Å². The molecule has 2 rings (SSSR count). The van der Waals surface area contributed by atoms with Crippen molar-refractivity contribution in [2.24, 2.45) is 10.9 Å². The number of benzene rings is 1. The average Bonchev–Trinajstić information content (AvgIpc) is 2.97. The number of amidine groups is 1. The van der Waals surface area contributed by atoms with E-state index >= 15 is 0 Å². The standard InChI is InChI=1S/C15H18FN3OS/c1-10(2)19(9-12-4-3-7-21-12)14-6-5-11(16)8-13(14)15(17)18-20/h3-8,10,20H,9H2,1-2H3,(H2,17,18). The van der Waals surface area contributed by atoms with E-state index in [0.717, 1.165) is 5.69 Å². The fourth-order valence-electron chi connectivity index (χ4n) is 2.13. The SMILES string of the molecule is CC(C)N(Cc1cccs1)c1ccc(F)cc1C(N)=NO. The van der Waals surface area contributed by atoms with Crippen LogP contribution in [0.1, 0.15) is 24.3 Å². The zero-order valence-corrected chi connectivity index (χ0v) is 12.8. The first kappa shape index (κ1) is 15.3.